The zero-order chi connectivity index (χ0) is 19.4. The van der Waals surface area contributed by atoms with E-state index in [0.717, 1.165) is 22.9 Å². The third-order valence-corrected chi connectivity index (χ3v) is 6.27. The van der Waals surface area contributed by atoms with Crippen molar-refractivity contribution >= 4 is 27.7 Å². The van der Waals surface area contributed by atoms with E-state index in [4.69, 9.17) is 4.74 Å². The highest BCUT2D eigenvalue weighted by molar-refractivity contribution is 9.10. The molecule has 0 bridgehead atoms. The Bertz CT molecular complexity index is 661. The number of hydrogen-bond donors (Lipinski definition) is 1. The van der Waals surface area contributed by atoms with Crippen molar-refractivity contribution in [3.63, 3.8) is 0 Å². The standard InChI is InChI=1S/C21H29BrN2O3/c1-15(2)23-19(25)16-7-11-24(12-8-16)20(26)21(9-13-27-14-10-21)17-3-5-18(22)6-4-17/h3-6,15-16H,7-14H2,1-2H3,(H,23,25). The van der Waals surface area contributed by atoms with Gasteiger partial charge in [-0.3, -0.25) is 9.59 Å². The summed E-state index contributed by atoms with van der Waals surface area (Å²) < 4.78 is 6.57. The molecule has 2 fully saturated rings. The second kappa shape index (κ2) is 8.74. The van der Waals surface area contributed by atoms with Crippen LogP contribution in [0.5, 0.6) is 0 Å². The smallest absolute Gasteiger partial charge is 0.233 e. The maximum atomic E-state index is 13.6. The number of ether oxygens (including phenoxy) is 1. The number of carbonyl (C=O) groups is 2. The van der Waals surface area contributed by atoms with Gasteiger partial charge in [0.1, 0.15) is 0 Å². The van der Waals surface area contributed by atoms with Crippen molar-refractivity contribution in [2.45, 2.75) is 51.0 Å². The topological polar surface area (TPSA) is 58.6 Å². The van der Waals surface area contributed by atoms with Gasteiger partial charge >= 0.3 is 0 Å². The van der Waals surface area contributed by atoms with Gasteiger partial charge in [0.05, 0.1) is 5.41 Å². The Balaban J connectivity index is 1.72. The molecule has 2 heterocycles. The van der Waals surface area contributed by atoms with Gasteiger partial charge in [-0.1, -0.05) is 28.1 Å². The van der Waals surface area contributed by atoms with E-state index in [1.165, 1.54) is 0 Å². The minimum absolute atomic E-state index is 0.00905. The van der Waals surface area contributed by atoms with E-state index >= 15 is 0 Å². The fraction of sp³-hybridized carbons (Fsp3) is 0.619. The van der Waals surface area contributed by atoms with Crippen molar-refractivity contribution in [3.8, 4) is 0 Å². The zero-order valence-electron chi connectivity index (χ0n) is 16.2. The summed E-state index contributed by atoms with van der Waals surface area (Å²) >= 11 is 3.48. The van der Waals surface area contributed by atoms with Crippen LogP contribution in [-0.2, 0) is 19.7 Å². The van der Waals surface area contributed by atoms with Gasteiger partial charge in [-0.05, 0) is 57.2 Å². The first-order chi connectivity index (χ1) is 12.9. The molecule has 0 aromatic heterocycles. The number of hydrogen-bond acceptors (Lipinski definition) is 3. The number of piperidine rings is 1. The highest BCUT2D eigenvalue weighted by Gasteiger charge is 2.45. The normalized spacial score (nSPS) is 20.5. The van der Waals surface area contributed by atoms with E-state index in [9.17, 15) is 9.59 Å². The fourth-order valence-corrected chi connectivity index (χ4v) is 4.43. The summed E-state index contributed by atoms with van der Waals surface area (Å²) in [5.41, 5.74) is 0.560. The lowest BCUT2D eigenvalue weighted by atomic mass is 9.72. The maximum Gasteiger partial charge on any atom is 0.233 e. The molecule has 2 aliphatic rings. The van der Waals surface area contributed by atoms with Crippen molar-refractivity contribution in [1.29, 1.82) is 0 Å². The van der Waals surface area contributed by atoms with E-state index in [1.807, 2.05) is 30.9 Å². The first-order valence-corrected chi connectivity index (χ1v) is 10.7. The van der Waals surface area contributed by atoms with E-state index in [2.05, 4.69) is 33.4 Å². The number of likely N-dealkylation sites (tertiary alicyclic amines) is 1. The number of nitrogens with zero attached hydrogens (tertiary/aromatic N) is 1. The number of rotatable bonds is 4. The van der Waals surface area contributed by atoms with Crippen molar-refractivity contribution in [2.75, 3.05) is 26.3 Å². The lowest BCUT2D eigenvalue weighted by Gasteiger charge is -2.42. The predicted molar refractivity (Wildman–Crippen MR) is 108 cm³/mol. The van der Waals surface area contributed by atoms with Crippen LogP contribution in [0.25, 0.3) is 0 Å². The SMILES string of the molecule is CC(C)NC(=O)C1CCN(C(=O)C2(c3ccc(Br)cc3)CCOCC2)CC1. The van der Waals surface area contributed by atoms with Crippen LogP contribution in [0, 0.1) is 5.92 Å². The van der Waals surface area contributed by atoms with Gasteiger partial charge in [0, 0.05) is 42.7 Å². The Morgan fingerprint density at radius 1 is 1.15 bits per heavy atom. The van der Waals surface area contributed by atoms with Gasteiger partial charge in [-0.25, -0.2) is 0 Å². The molecule has 0 unspecified atom stereocenters. The second-order valence-corrected chi connectivity index (χ2v) is 8.85. The fourth-order valence-electron chi connectivity index (χ4n) is 4.16. The summed E-state index contributed by atoms with van der Waals surface area (Å²) in [4.78, 5) is 27.8. The summed E-state index contributed by atoms with van der Waals surface area (Å²) in [6.07, 6.45) is 2.89. The van der Waals surface area contributed by atoms with Gasteiger partial charge in [0.15, 0.2) is 0 Å². The molecule has 0 aliphatic carbocycles. The summed E-state index contributed by atoms with van der Waals surface area (Å²) in [5.74, 6) is 0.316. The van der Waals surface area contributed by atoms with Gasteiger partial charge in [0.2, 0.25) is 11.8 Å². The lowest BCUT2D eigenvalue weighted by Crippen LogP contribution is -2.53. The average Bonchev–Trinajstić information content (AvgIpc) is 2.68. The van der Waals surface area contributed by atoms with Crippen molar-refractivity contribution in [1.82, 2.24) is 10.2 Å². The van der Waals surface area contributed by atoms with Crippen LogP contribution in [0.2, 0.25) is 0 Å². The minimum Gasteiger partial charge on any atom is -0.381 e. The van der Waals surface area contributed by atoms with Gasteiger partial charge < -0.3 is 15.0 Å². The molecular formula is C21H29BrN2O3. The molecule has 2 saturated heterocycles. The van der Waals surface area contributed by atoms with E-state index in [0.29, 0.717) is 39.1 Å². The molecular weight excluding hydrogens is 408 g/mol. The second-order valence-electron chi connectivity index (χ2n) is 7.93. The van der Waals surface area contributed by atoms with Crippen LogP contribution in [0.4, 0.5) is 0 Å². The first kappa shape index (κ1) is 20.3. The molecule has 0 atom stereocenters. The molecule has 1 aromatic carbocycles. The molecule has 148 valence electrons. The van der Waals surface area contributed by atoms with Crippen LogP contribution in [0.3, 0.4) is 0 Å². The molecule has 0 saturated carbocycles. The summed E-state index contributed by atoms with van der Waals surface area (Å²) in [6.45, 7) is 6.46. The van der Waals surface area contributed by atoms with Crippen LogP contribution in [0.15, 0.2) is 28.7 Å². The summed E-state index contributed by atoms with van der Waals surface area (Å²) in [6, 6.07) is 8.26. The molecule has 0 spiro atoms. The Hall–Kier alpha value is -1.40. The van der Waals surface area contributed by atoms with Gasteiger partial charge in [-0.2, -0.15) is 0 Å². The Kier molecular flexibility index (Phi) is 6.58. The monoisotopic (exact) mass is 436 g/mol. The van der Waals surface area contributed by atoms with Crippen molar-refractivity contribution in [2.24, 2.45) is 5.92 Å². The quantitative estimate of drug-likeness (QED) is 0.787. The summed E-state index contributed by atoms with van der Waals surface area (Å²) in [7, 11) is 0. The minimum atomic E-state index is -0.508. The number of benzene rings is 1. The molecule has 27 heavy (non-hydrogen) atoms. The molecule has 2 amide bonds. The molecule has 1 aromatic rings. The molecule has 6 heteroatoms. The highest BCUT2D eigenvalue weighted by atomic mass is 79.9. The van der Waals surface area contributed by atoms with E-state index < -0.39 is 5.41 Å². The molecule has 3 rings (SSSR count). The molecule has 2 aliphatic heterocycles. The van der Waals surface area contributed by atoms with Crippen LogP contribution in [0.1, 0.15) is 45.1 Å². The number of carbonyl (C=O) groups excluding carboxylic acids is 2. The van der Waals surface area contributed by atoms with Crippen LogP contribution >= 0.6 is 15.9 Å². The third-order valence-electron chi connectivity index (χ3n) is 5.74. The van der Waals surface area contributed by atoms with Crippen molar-refractivity contribution in [3.05, 3.63) is 34.3 Å². The molecule has 0 radical (unpaired) electrons. The lowest BCUT2D eigenvalue weighted by molar-refractivity contribution is -0.144. The Morgan fingerprint density at radius 2 is 1.74 bits per heavy atom. The Morgan fingerprint density at radius 3 is 2.30 bits per heavy atom. The van der Waals surface area contributed by atoms with Crippen LogP contribution < -0.4 is 5.32 Å². The third kappa shape index (κ3) is 4.54. The zero-order valence-corrected chi connectivity index (χ0v) is 17.8. The predicted octanol–water partition coefficient (Wildman–Crippen LogP) is 3.26. The molecule has 1 N–H and O–H groups in total. The van der Waals surface area contributed by atoms with Crippen LogP contribution in [-0.4, -0.2) is 49.1 Å². The maximum absolute atomic E-state index is 13.6. The van der Waals surface area contributed by atoms with E-state index in [1.54, 1.807) is 0 Å². The average molecular weight is 437 g/mol. The molecule has 5 nitrogen and oxygen atoms in total. The number of halogens is 1. The van der Waals surface area contributed by atoms with E-state index in [-0.39, 0.29) is 23.8 Å². The largest absolute Gasteiger partial charge is 0.381 e. The Labute approximate surface area is 170 Å². The van der Waals surface area contributed by atoms with Gasteiger partial charge in [0.25, 0.3) is 0 Å². The number of nitrogens with one attached hydrogen (secondary N) is 1. The number of amides is 2. The van der Waals surface area contributed by atoms with Gasteiger partial charge in [-0.15, -0.1) is 0 Å². The highest BCUT2D eigenvalue weighted by Crippen LogP contribution is 2.38. The summed E-state index contributed by atoms with van der Waals surface area (Å²) in [5, 5.41) is 3.00. The first-order valence-electron chi connectivity index (χ1n) is 9.86. The van der Waals surface area contributed by atoms with Crippen molar-refractivity contribution < 1.29 is 14.3 Å².